The third-order valence-corrected chi connectivity index (χ3v) is 6.26. The van der Waals surface area contributed by atoms with E-state index in [4.69, 9.17) is 4.74 Å². The molecule has 0 atom stereocenters. The summed E-state index contributed by atoms with van der Waals surface area (Å²) < 4.78 is 19.2. The van der Waals surface area contributed by atoms with Crippen LogP contribution < -0.4 is 10.6 Å². The molecular formula is C23H24FN3O3S. The van der Waals surface area contributed by atoms with Gasteiger partial charge in [-0.05, 0) is 43.3 Å². The molecule has 2 aromatic carbocycles. The molecule has 2 N–H and O–H groups in total. The Kier molecular flexibility index (Phi) is 7.01. The van der Waals surface area contributed by atoms with Crippen LogP contribution in [0.3, 0.4) is 0 Å². The first kappa shape index (κ1) is 21.5. The van der Waals surface area contributed by atoms with Gasteiger partial charge in [0.05, 0.1) is 23.8 Å². The molecule has 2 aliphatic heterocycles. The number of thioether (sulfide) groups is 1. The van der Waals surface area contributed by atoms with Gasteiger partial charge in [-0.25, -0.2) is 4.39 Å². The molecule has 0 saturated carbocycles. The maximum Gasteiger partial charge on any atom is 0.262 e. The molecule has 6 nitrogen and oxygen atoms in total. The van der Waals surface area contributed by atoms with E-state index in [1.807, 2.05) is 0 Å². The summed E-state index contributed by atoms with van der Waals surface area (Å²) in [5.74, 6) is -0.865. The molecule has 0 bridgehead atoms. The SMILES string of the molecule is O=C1Nc2cc(C(=O)NCCCN3CCOCC3)ccc2SC1=Cc1ccccc1F. The number of nitrogens with zero attached hydrogens (tertiary/aromatic N) is 1. The molecule has 8 heteroatoms. The van der Waals surface area contributed by atoms with Crippen LogP contribution in [0.15, 0.2) is 52.3 Å². The highest BCUT2D eigenvalue weighted by Crippen LogP contribution is 2.39. The van der Waals surface area contributed by atoms with Crippen LogP contribution in [0.5, 0.6) is 0 Å². The second-order valence-corrected chi connectivity index (χ2v) is 8.44. The van der Waals surface area contributed by atoms with E-state index in [0.717, 1.165) is 44.2 Å². The van der Waals surface area contributed by atoms with Crippen LogP contribution in [0.4, 0.5) is 10.1 Å². The van der Waals surface area contributed by atoms with Gasteiger partial charge in [-0.15, -0.1) is 0 Å². The Labute approximate surface area is 184 Å². The minimum absolute atomic E-state index is 0.170. The summed E-state index contributed by atoms with van der Waals surface area (Å²) in [6.45, 7) is 4.92. The number of hydrogen-bond donors (Lipinski definition) is 2. The number of hydrogen-bond acceptors (Lipinski definition) is 5. The van der Waals surface area contributed by atoms with Crippen molar-refractivity contribution < 1.29 is 18.7 Å². The predicted molar refractivity (Wildman–Crippen MR) is 120 cm³/mol. The summed E-state index contributed by atoms with van der Waals surface area (Å²) in [6.07, 6.45) is 2.40. The molecule has 2 heterocycles. The Bertz CT molecular complexity index is 1010. The first-order chi connectivity index (χ1) is 15.1. The zero-order valence-electron chi connectivity index (χ0n) is 17.0. The molecule has 0 aromatic heterocycles. The molecule has 31 heavy (non-hydrogen) atoms. The Balaban J connectivity index is 1.35. The number of anilines is 1. The van der Waals surface area contributed by atoms with Gasteiger partial charge >= 0.3 is 0 Å². The highest BCUT2D eigenvalue weighted by atomic mass is 32.2. The minimum Gasteiger partial charge on any atom is -0.379 e. The van der Waals surface area contributed by atoms with Crippen molar-refractivity contribution in [2.75, 3.05) is 44.7 Å². The van der Waals surface area contributed by atoms with Crippen LogP contribution >= 0.6 is 11.8 Å². The second-order valence-electron chi connectivity index (χ2n) is 7.36. The van der Waals surface area contributed by atoms with Crippen molar-refractivity contribution in [2.45, 2.75) is 11.3 Å². The highest BCUT2D eigenvalue weighted by Gasteiger charge is 2.22. The lowest BCUT2D eigenvalue weighted by molar-refractivity contribution is -0.112. The molecule has 0 aliphatic carbocycles. The van der Waals surface area contributed by atoms with Crippen molar-refractivity contribution in [3.05, 3.63) is 64.3 Å². The van der Waals surface area contributed by atoms with Crippen LogP contribution in [0, 0.1) is 5.82 Å². The second kappa shape index (κ2) is 10.1. The van der Waals surface area contributed by atoms with Crippen LogP contribution in [0.2, 0.25) is 0 Å². The molecule has 1 fully saturated rings. The number of benzene rings is 2. The van der Waals surface area contributed by atoms with Crippen molar-refractivity contribution in [1.29, 1.82) is 0 Å². The molecule has 2 aromatic rings. The maximum absolute atomic E-state index is 13.9. The van der Waals surface area contributed by atoms with Crippen LogP contribution in [0.1, 0.15) is 22.3 Å². The van der Waals surface area contributed by atoms with E-state index in [0.29, 0.717) is 28.3 Å². The van der Waals surface area contributed by atoms with Crippen molar-refractivity contribution in [3.63, 3.8) is 0 Å². The topological polar surface area (TPSA) is 70.7 Å². The normalized spacial score (nSPS) is 17.8. The maximum atomic E-state index is 13.9. The number of ether oxygens (including phenoxy) is 1. The zero-order valence-corrected chi connectivity index (χ0v) is 17.8. The molecule has 162 valence electrons. The van der Waals surface area contributed by atoms with E-state index in [2.05, 4.69) is 15.5 Å². The summed E-state index contributed by atoms with van der Waals surface area (Å²) in [7, 11) is 0. The Hall–Kier alpha value is -2.68. The van der Waals surface area contributed by atoms with Gasteiger partial charge in [-0.3, -0.25) is 14.5 Å². The van der Waals surface area contributed by atoms with Crippen LogP contribution in [-0.2, 0) is 9.53 Å². The van der Waals surface area contributed by atoms with Gasteiger partial charge in [0, 0.05) is 35.7 Å². The van der Waals surface area contributed by atoms with E-state index in [9.17, 15) is 14.0 Å². The fourth-order valence-corrected chi connectivity index (χ4v) is 4.39. The Morgan fingerprint density at radius 3 is 2.84 bits per heavy atom. The quantitative estimate of drug-likeness (QED) is 0.531. The number of morpholine rings is 1. The summed E-state index contributed by atoms with van der Waals surface area (Å²) >= 11 is 1.26. The lowest BCUT2D eigenvalue weighted by Crippen LogP contribution is -2.38. The molecule has 0 radical (unpaired) electrons. The van der Waals surface area contributed by atoms with E-state index in [1.165, 1.54) is 23.9 Å². The monoisotopic (exact) mass is 441 g/mol. The van der Waals surface area contributed by atoms with Gasteiger partial charge in [0.2, 0.25) is 0 Å². The number of nitrogens with one attached hydrogen (secondary N) is 2. The third kappa shape index (κ3) is 5.52. The van der Waals surface area contributed by atoms with Crippen molar-refractivity contribution >= 4 is 35.3 Å². The van der Waals surface area contributed by atoms with Gasteiger partial charge in [0.25, 0.3) is 11.8 Å². The number of rotatable bonds is 6. The van der Waals surface area contributed by atoms with Gasteiger partial charge in [-0.1, -0.05) is 30.0 Å². The number of fused-ring (bicyclic) bond motifs is 1. The average molecular weight is 442 g/mol. The number of carbonyl (C=O) groups excluding carboxylic acids is 2. The number of amides is 2. The Morgan fingerprint density at radius 1 is 1.23 bits per heavy atom. The summed E-state index contributed by atoms with van der Waals surface area (Å²) in [4.78, 5) is 28.5. The lowest BCUT2D eigenvalue weighted by atomic mass is 10.1. The van der Waals surface area contributed by atoms with Crippen molar-refractivity contribution in [2.24, 2.45) is 0 Å². The highest BCUT2D eigenvalue weighted by molar-refractivity contribution is 8.04. The average Bonchev–Trinajstić information content (AvgIpc) is 2.79. The summed E-state index contributed by atoms with van der Waals surface area (Å²) in [5.41, 5.74) is 1.44. The minimum atomic E-state index is -0.380. The van der Waals surface area contributed by atoms with Crippen molar-refractivity contribution in [1.82, 2.24) is 10.2 Å². The van der Waals surface area contributed by atoms with Gasteiger partial charge in [0.1, 0.15) is 5.82 Å². The molecule has 2 amide bonds. The zero-order chi connectivity index (χ0) is 21.6. The molecule has 2 aliphatic rings. The lowest BCUT2D eigenvalue weighted by Gasteiger charge is -2.26. The summed E-state index contributed by atoms with van der Waals surface area (Å²) in [6, 6.07) is 11.5. The smallest absolute Gasteiger partial charge is 0.262 e. The summed E-state index contributed by atoms with van der Waals surface area (Å²) in [5, 5.41) is 5.74. The van der Waals surface area contributed by atoms with E-state index in [1.54, 1.807) is 36.4 Å². The number of carbonyl (C=O) groups is 2. The molecule has 0 unspecified atom stereocenters. The molecule has 4 rings (SSSR count). The van der Waals surface area contributed by atoms with Crippen LogP contribution in [-0.4, -0.2) is 56.1 Å². The van der Waals surface area contributed by atoms with E-state index < -0.39 is 0 Å². The van der Waals surface area contributed by atoms with Crippen LogP contribution in [0.25, 0.3) is 6.08 Å². The van der Waals surface area contributed by atoms with E-state index in [-0.39, 0.29) is 17.6 Å². The largest absolute Gasteiger partial charge is 0.379 e. The van der Waals surface area contributed by atoms with Gasteiger partial charge < -0.3 is 15.4 Å². The fourth-order valence-electron chi connectivity index (χ4n) is 3.47. The van der Waals surface area contributed by atoms with E-state index >= 15 is 0 Å². The molecule has 0 spiro atoms. The van der Waals surface area contributed by atoms with Gasteiger partial charge in [-0.2, -0.15) is 0 Å². The molecular weight excluding hydrogens is 417 g/mol. The standard InChI is InChI=1S/C23H24FN3O3S/c24-18-5-2-1-4-16(18)15-21-23(29)26-19-14-17(6-7-20(19)31-21)22(28)25-8-3-9-27-10-12-30-13-11-27/h1-2,4-7,14-15H,3,8-13H2,(H,25,28)(H,26,29). The fraction of sp³-hybridized carbons (Fsp3) is 0.304. The third-order valence-electron chi connectivity index (χ3n) is 5.17. The first-order valence-electron chi connectivity index (χ1n) is 10.3. The van der Waals surface area contributed by atoms with Gasteiger partial charge in [0.15, 0.2) is 0 Å². The van der Waals surface area contributed by atoms with Crippen molar-refractivity contribution in [3.8, 4) is 0 Å². The predicted octanol–water partition coefficient (Wildman–Crippen LogP) is 3.36. The Morgan fingerprint density at radius 2 is 2.03 bits per heavy atom. The number of halogens is 1. The first-order valence-corrected chi connectivity index (χ1v) is 11.1. The molecule has 1 saturated heterocycles.